The molecule has 0 aliphatic rings. The van der Waals surface area contributed by atoms with E-state index < -0.39 is 36.4 Å². The van der Waals surface area contributed by atoms with E-state index in [0.29, 0.717) is 0 Å². The van der Waals surface area contributed by atoms with Gasteiger partial charge in [-0.05, 0) is 0 Å². The predicted octanol–water partition coefficient (Wildman–Crippen LogP) is -2.39. The average molecular weight is 260 g/mol. The van der Waals surface area contributed by atoms with Gasteiger partial charge >= 0.3 is 77.0 Å². The zero-order valence-electron chi connectivity index (χ0n) is 6.84. The molecule has 0 aliphatic carbocycles. The zero-order valence-corrected chi connectivity index (χ0v) is 6.84. The molecule has 0 atom stereocenters. The second-order valence-electron chi connectivity index (χ2n) is 2.48. The minimum atomic E-state index is -2.74. The summed E-state index contributed by atoms with van der Waals surface area (Å²) in [4.78, 5) is 30.5. The number of carboxylic acid groups (broad SMARTS) is 3. The van der Waals surface area contributed by atoms with Crippen LogP contribution in [0.25, 0.3) is 0 Å². The van der Waals surface area contributed by atoms with Crippen molar-refractivity contribution in [3.05, 3.63) is 0 Å². The number of hydrogen-bond donors (Lipinski definition) is 4. The molecule has 10 heteroatoms. The van der Waals surface area contributed by atoms with Crippen LogP contribution in [0.1, 0.15) is 12.8 Å². The summed E-state index contributed by atoms with van der Waals surface area (Å²) in [5.74, 6) is -5.02. The fourth-order valence-corrected chi connectivity index (χ4v) is 0.714. The Labute approximate surface area is 134 Å². The summed E-state index contributed by atoms with van der Waals surface area (Å²) < 4.78 is 0. The molecule has 0 radical (unpaired) electrons. The molecule has 0 saturated heterocycles. The molecule has 0 aliphatic heterocycles. The van der Waals surface area contributed by atoms with Crippen LogP contribution in [0.4, 0.5) is 4.70 Å². The van der Waals surface area contributed by atoms with Crippen LogP contribution < -0.4 is 0 Å². The molecule has 0 heterocycles. The predicted molar refractivity (Wildman–Crippen MR) is 53.9 cm³/mol. The molecule has 0 spiro atoms. The van der Waals surface area contributed by atoms with Gasteiger partial charge in [0, 0.05) is 0 Å². The van der Waals surface area contributed by atoms with Gasteiger partial charge in [-0.2, -0.15) is 0 Å². The van der Waals surface area contributed by atoms with E-state index >= 15 is 0 Å². The summed E-state index contributed by atoms with van der Waals surface area (Å²) in [6.07, 6.45) is -2.29. The molecular weight excluding hydrogens is 249 g/mol. The summed E-state index contributed by atoms with van der Waals surface area (Å²) in [5.41, 5.74) is -2.74. The normalized spacial score (nSPS) is 8.81. The van der Waals surface area contributed by atoms with E-state index in [0.717, 1.165) is 0 Å². The number of halogens is 1. The Kier molecular flexibility index (Phi) is 16.5. The zero-order chi connectivity index (χ0) is 10.6. The van der Waals surface area contributed by atoms with Gasteiger partial charge in [0.2, 0.25) is 0 Å². The van der Waals surface area contributed by atoms with Gasteiger partial charge in [0.25, 0.3) is 0 Å². The van der Waals surface area contributed by atoms with E-state index in [4.69, 9.17) is 20.4 Å². The van der Waals surface area contributed by atoms with Gasteiger partial charge in [0.1, 0.15) is 0 Å². The average Bonchev–Trinajstić information content (AvgIpc) is 1.82. The van der Waals surface area contributed by atoms with Crippen molar-refractivity contribution in [1.29, 1.82) is 0 Å². The van der Waals surface area contributed by atoms with Gasteiger partial charge in [-0.15, -0.1) is 0 Å². The van der Waals surface area contributed by atoms with Crippen molar-refractivity contribution < 1.29 is 39.5 Å². The molecule has 0 unspecified atom stereocenters. The third-order valence-corrected chi connectivity index (χ3v) is 1.29. The Morgan fingerprint density at radius 2 is 1.12 bits per heavy atom. The van der Waals surface area contributed by atoms with Crippen LogP contribution in [0, 0.1) is 0 Å². The first kappa shape index (κ1) is 25.2. The first-order valence-electron chi connectivity index (χ1n) is 3.17. The van der Waals surface area contributed by atoms with Crippen molar-refractivity contribution in [1.82, 2.24) is 0 Å². The van der Waals surface area contributed by atoms with Crippen LogP contribution in [0.2, 0.25) is 0 Å². The Morgan fingerprint density at radius 1 is 0.875 bits per heavy atom. The van der Waals surface area contributed by atoms with Crippen LogP contribution in [-0.4, -0.2) is 103 Å². The number of aliphatic hydroxyl groups is 1. The third kappa shape index (κ3) is 9.52. The van der Waals surface area contributed by atoms with E-state index in [1.54, 1.807) is 0 Å². The Morgan fingerprint density at radius 3 is 1.25 bits per heavy atom. The first-order valence-corrected chi connectivity index (χ1v) is 3.17. The van der Waals surface area contributed by atoms with E-state index in [1.165, 1.54) is 0 Å². The van der Waals surface area contributed by atoms with Crippen LogP contribution in [0.5, 0.6) is 0 Å². The number of rotatable bonds is 5. The molecule has 0 bridgehead atoms. The summed E-state index contributed by atoms with van der Waals surface area (Å²) in [5, 5.41) is 33.8. The number of aliphatic carboxylic acids is 3. The second-order valence-corrected chi connectivity index (χ2v) is 2.48. The van der Waals surface area contributed by atoms with Crippen LogP contribution >= 0.6 is 0 Å². The topological polar surface area (TPSA) is 132 Å². The monoisotopic (exact) mass is 260 g/mol. The van der Waals surface area contributed by atoms with E-state index in [1.807, 2.05) is 0 Å². The van der Waals surface area contributed by atoms with Gasteiger partial charge in [0.05, 0.1) is 12.8 Å². The Bertz CT molecular complexity index is 241. The van der Waals surface area contributed by atoms with Gasteiger partial charge in [-0.25, -0.2) is 4.79 Å². The number of carbonyl (C=O) groups is 3. The molecule has 0 fully saturated rings. The van der Waals surface area contributed by atoms with Crippen molar-refractivity contribution >= 4 is 77.0 Å². The molecule has 16 heavy (non-hydrogen) atoms. The van der Waals surface area contributed by atoms with Gasteiger partial charge in [-0.3, -0.25) is 14.3 Å². The van der Waals surface area contributed by atoms with Crippen molar-refractivity contribution in [2.24, 2.45) is 0 Å². The molecule has 0 saturated carbocycles. The fourth-order valence-electron chi connectivity index (χ4n) is 0.714. The van der Waals surface area contributed by atoms with Crippen LogP contribution in [0.15, 0.2) is 0 Å². The van der Waals surface area contributed by atoms with Crippen molar-refractivity contribution in [3.8, 4) is 0 Å². The summed E-state index contributed by atoms with van der Waals surface area (Å²) in [6.45, 7) is 0. The first-order chi connectivity index (χ1) is 5.78. The third-order valence-electron chi connectivity index (χ3n) is 1.29. The Balaban J connectivity index is -0.000000240. The SMILES string of the molecule is F.O=C(O)CC(O)(CC(=O)O)C(=O)O.[NaH].[NaH]. The van der Waals surface area contributed by atoms with Gasteiger partial charge in [-0.1, -0.05) is 0 Å². The molecule has 86 valence electrons. The summed E-state index contributed by atoms with van der Waals surface area (Å²) in [7, 11) is 0. The Hall–Kier alpha value is 0.300. The van der Waals surface area contributed by atoms with E-state index in [9.17, 15) is 14.4 Å². The standard InChI is InChI=1S/C6H8O7.FH.2Na.2H/c7-3(8)1-6(13,5(11)12)2-4(9)10;;;;;/h13H,1-2H2,(H,7,8)(H,9,10)(H,11,12);1H;;;;. The number of hydrogen-bond acceptors (Lipinski definition) is 4. The molecule has 7 nitrogen and oxygen atoms in total. The van der Waals surface area contributed by atoms with Crippen molar-refractivity contribution in [2.75, 3.05) is 0 Å². The minimum absolute atomic E-state index is 0. The molecular formula is C6H11FNa2O7. The van der Waals surface area contributed by atoms with Crippen LogP contribution in [-0.2, 0) is 14.4 Å². The van der Waals surface area contributed by atoms with Crippen molar-refractivity contribution in [2.45, 2.75) is 18.4 Å². The molecule has 4 N–H and O–H groups in total. The quantitative estimate of drug-likeness (QED) is 0.405. The fraction of sp³-hybridized carbons (Fsp3) is 0.500. The van der Waals surface area contributed by atoms with Crippen LogP contribution in [0.3, 0.4) is 0 Å². The molecule has 0 aromatic carbocycles. The van der Waals surface area contributed by atoms with Gasteiger partial charge in [0.15, 0.2) is 5.60 Å². The van der Waals surface area contributed by atoms with Crippen molar-refractivity contribution in [3.63, 3.8) is 0 Å². The van der Waals surface area contributed by atoms with E-state index in [2.05, 4.69) is 0 Å². The molecule has 0 amide bonds. The maximum absolute atomic E-state index is 10.3. The second kappa shape index (κ2) is 10.5. The molecule has 0 aromatic rings. The molecule has 0 aromatic heterocycles. The summed E-state index contributed by atoms with van der Waals surface area (Å²) >= 11 is 0. The summed E-state index contributed by atoms with van der Waals surface area (Å²) in [6, 6.07) is 0. The maximum atomic E-state index is 10.3. The number of carboxylic acids is 3. The van der Waals surface area contributed by atoms with Gasteiger partial charge < -0.3 is 20.4 Å². The molecule has 0 rings (SSSR count). The van der Waals surface area contributed by atoms with E-state index in [-0.39, 0.29) is 63.8 Å².